The van der Waals surface area contributed by atoms with Crippen LogP contribution in [0, 0.1) is 0 Å². The highest BCUT2D eigenvalue weighted by atomic mass is 16.1. The number of nitrogens with zero attached hydrogens (tertiary/aromatic N) is 3. The van der Waals surface area contributed by atoms with Crippen molar-refractivity contribution in [2.24, 2.45) is 0 Å². The predicted molar refractivity (Wildman–Crippen MR) is 77.0 cm³/mol. The molecule has 1 N–H and O–H groups in total. The lowest BCUT2D eigenvalue weighted by molar-refractivity contribution is 1.10. The first-order chi connectivity index (χ1) is 9.84. The largest absolute Gasteiger partial charge is 0.329 e. The second kappa shape index (κ2) is 4.03. The Hall–Kier alpha value is -2.95. The maximum Gasteiger partial charge on any atom is 0.191 e. The predicted octanol–water partition coefficient (Wildman–Crippen LogP) is 2.26. The quantitative estimate of drug-likeness (QED) is 0.572. The summed E-state index contributed by atoms with van der Waals surface area (Å²) in [5.41, 5.74) is 3.07. The maximum atomic E-state index is 12.0. The summed E-state index contributed by atoms with van der Waals surface area (Å²) in [6.45, 7) is 0. The van der Waals surface area contributed by atoms with Gasteiger partial charge in [-0.1, -0.05) is 18.2 Å². The molecule has 96 valence electrons. The number of pyridine rings is 2. The van der Waals surface area contributed by atoms with Gasteiger partial charge in [0, 0.05) is 24.1 Å². The molecule has 0 aliphatic rings. The molecule has 0 radical (unpaired) electrons. The molecule has 4 aromatic rings. The number of benzene rings is 1. The molecule has 3 aromatic heterocycles. The fourth-order valence-electron chi connectivity index (χ4n) is 2.41. The number of imidazole rings is 1. The lowest BCUT2D eigenvalue weighted by Crippen LogP contribution is -2.07. The van der Waals surface area contributed by atoms with Gasteiger partial charge in [-0.3, -0.25) is 4.79 Å². The van der Waals surface area contributed by atoms with E-state index in [-0.39, 0.29) is 5.43 Å². The summed E-state index contributed by atoms with van der Waals surface area (Å²) in [6, 6.07) is 11.4. The van der Waals surface area contributed by atoms with Crippen LogP contribution in [0.15, 0.2) is 59.9 Å². The summed E-state index contributed by atoms with van der Waals surface area (Å²) < 4.78 is 1.96. The second-order valence-electron chi connectivity index (χ2n) is 4.51. The van der Waals surface area contributed by atoms with E-state index < -0.39 is 0 Å². The molecule has 0 atom stereocenters. The van der Waals surface area contributed by atoms with Crippen LogP contribution < -0.4 is 5.43 Å². The Kier molecular flexibility index (Phi) is 2.20. The van der Waals surface area contributed by atoms with Gasteiger partial charge in [-0.05, 0) is 12.1 Å². The number of rotatable bonds is 1. The van der Waals surface area contributed by atoms with Crippen molar-refractivity contribution in [2.45, 2.75) is 0 Å². The molecule has 0 amide bonds. The summed E-state index contributed by atoms with van der Waals surface area (Å²) in [5.74, 6) is 0. The lowest BCUT2D eigenvalue weighted by Gasteiger charge is -2.10. The standard InChI is InChI=1S/C15H10N4O/c20-12-6-7-19(10-4-2-1-3-5-10)14-11(12)8-16-15-13(14)17-9-18-15/h1-9H,(H,16,17,18). The van der Waals surface area contributed by atoms with E-state index in [9.17, 15) is 4.79 Å². The highest BCUT2D eigenvalue weighted by Gasteiger charge is 2.11. The molecular formula is C15H10N4O. The minimum atomic E-state index is -0.0513. The minimum Gasteiger partial charge on any atom is -0.329 e. The van der Waals surface area contributed by atoms with Crippen molar-refractivity contribution in [3.63, 3.8) is 0 Å². The van der Waals surface area contributed by atoms with Crippen molar-refractivity contribution < 1.29 is 0 Å². The van der Waals surface area contributed by atoms with Crippen LogP contribution in [0.25, 0.3) is 27.8 Å². The van der Waals surface area contributed by atoms with Crippen LogP contribution in [0.3, 0.4) is 0 Å². The fourth-order valence-corrected chi connectivity index (χ4v) is 2.41. The minimum absolute atomic E-state index is 0.0513. The van der Waals surface area contributed by atoms with Gasteiger partial charge < -0.3 is 9.55 Å². The van der Waals surface area contributed by atoms with Crippen molar-refractivity contribution in [1.82, 2.24) is 19.5 Å². The van der Waals surface area contributed by atoms with Crippen LogP contribution in [0.4, 0.5) is 0 Å². The highest BCUT2D eigenvalue weighted by molar-refractivity contribution is 6.00. The Morgan fingerprint density at radius 2 is 1.90 bits per heavy atom. The Morgan fingerprint density at radius 1 is 1.05 bits per heavy atom. The number of hydrogen-bond acceptors (Lipinski definition) is 3. The van der Waals surface area contributed by atoms with Crippen LogP contribution in [0.1, 0.15) is 0 Å². The summed E-state index contributed by atoms with van der Waals surface area (Å²) in [6.07, 6.45) is 4.95. The Morgan fingerprint density at radius 3 is 2.75 bits per heavy atom. The van der Waals surface area contributed by atoms with E-state index in [1.165, 1.54) is 0 Å². The summed E-state index contributed by atoms with van der Waals surface area (Å²) in [7, 11) is 0. The number of para-hydroxylation sites is 1. The van der Waals surface area contributed by atoms with Crippen LogP contribution in [-0.4, -0.2) is 19.5 Å². The Balaban J connectivity index is 2.24. The van der Waals surface area contributed by atoms with Gasteiger partial charge in [-0.2, -0.15) is 0 Å². The van der Waals surface area contributed by atoms with Crippen molar-refractivity contribution in [3.8, 4) is 5.69 Å². The molecule has 5 heteroatoms. The third kappa shape index (κ3) is 1.46. The van der Waals surface area contributed by atoms with Crippen molar-refractivity contribution in [1.29, 1.82) is 0 Å². The van der Waals surface area contributed by atoms with E-state index in [2.05, 4.69) is 15.0 Å². The van der Waals surface area contributed by atoms with Gasteiger partial charge in [0.05, 0.1) is 17.2 Å². The number of nitrogens with one attached hydrogen (secondary N) is 1. The normalized spacial score (nSPS) is 11.2. The number of fused-ring (bicyclic) bond motifs is 3. The Bertz CT molecular complexity index is 969. The topological polar surface area (TPSA) is 63.6 Å². The molecule has 1 aromatic carbocycles. The molecule has 4 rings (SSSR count). The van der Waals surface area contributed by atoms with Crippen LogP contribution in [0.2, 0.25) is 0 Å². The molecule has 0 saturated carbocycles. The number of aromatic amines is 1. The SMILES string of the molecule is O=c1ccn(-c2ccccc2)c2c1cnc1[nH]cnc12. The molecule has 0 saturated heterocycles. The molecule has 20 heavy (non-hydrogen) atoms. The Labute approximate surface area is 113 Å². The van der Waals surface area contributed by atoms with E-state index in [0.717, 1.165) is 11.2 Å². The van der Waals surface area contributed by atoms with Crippen LogP contribution in [-0.2, 0) is 0 Å². The van der Waals surface area contributed by atoms with Gasteiger partial charge in [0.1, 0.15) is 5.52 Å². The fraction of sp³-hybridized carbons (Fsp3) is 0. The molecule has 0 bridgehead atoms. The first-order valence-corrected chi connectivity index (χ1v) is 6.23. The smallest absolute Gasteiger partial charge is 0.191 e. The van der Waals surface area contributed by atoms with E-state index >= 15 is 0 Å². The van der Waals surface area contributed by atoms with E-state index in [4.69, 9.17) is 0 Å². The number of hydrogen-bond donors (Lipinski definition) is 1. The average Bonchev–Trinajstić information content (AvgIpc) is 2.97. The molecule has 0 fully saturated rings. The molecule has 0 aliphatic carbocycles. The van der Waals surface area contributed by atoms with Crippen LogP contribution >= 0.6 is 0 Å². The van der Waals surface area contributed by atoms with Crippen molar-refractivity contribution >= 4 is 22.1 Å². The number of aromatic nitrogens is 4. The van der Waals surface area contributed by atoms with Crippen LogP contribution in [0.5, 0.6) is 0 Å². The third-order valence-electron chi connectivity index (χ3n) is 3.34. The van der Waals surface area contributed by atoms with Gasteiger partial charge in [0.2, 0.25) is 0 Å². The molecular weight excluding hydrogens is 252 g/mol. The van der Waals surface area contributed by atoms with Gasteiger partial charge >= 0.3 is 0 Å². The second-order valence-corrected chi connectivity index (χ2v) is 4.51. The average molecular weight is 262 g/mol. The van der Waals surface area contributed by atoms with Crippen molar-refractivity contribution in [2.75, 3.05) is 0 Å². The molecule has 0 unspecified atom stereocenters. The van der Waals surface area contributed by atoms with Crippen molar-refractivity contribution in [3.05, 3.63) is 65.3 Å². The summed E-state index contributed by atoms with van der Waals surface area (Å²) in [4.78, 5) is 23.5. The summed E-state index contributed by atoms with van der Waals surface area (Å²) >= 11 is 0. The van der Waals surface area contributed by atoms with Gasteiger partial charge in [0.25, 0.3) is 0 Å². The third-order valence-corrected chi connectivity index (χ3v) is 3.34. The highest BCUT2D eigenvalue weighted by Crippen LogP contribution is 2.21. The van der Waals surface area contributed by atoms with Gasteiger partial charge in [-0.15, -0.1) is 0 Å². The lowest BCUT2D eigenvalue weighted by atomic mass is 10.2. The zero-order valence-corrected chi connectivity index (χ0v) is 10.4. The molecule has 0 aliphatic heterocycles. The zero-order valence-electron chi connectivity index (χ0n) is 10.4. The maximum absolute atomic E-state index is 12.0. The van der Waals surface area contributed by atoms with E-state index in [0.29, 0.717) is 16.6 Å². The molecule has 0 spiro atoms. The molecule has 5 nitrogen and oxygen atoms in total. The van der Waals surface area contributed by atoms with E-state index in [1.807, 2.05) is 34.9 Å². The zero-order chi connectivity index (χ0) is 13.5. The van der Waals surface area contributed by atoms with E-state index in [1.54, 1.807) is 24.8 Å². The molecule has 3 heterocycles. The summed E-state index contributed by atoms with van der Waals surface area (Å²) in [5, 5.41) is 0.566. The van der Waals surface area contributed by atoms with Gasteiger partial charge in [-0.25, -0.2) is 9.97 Å². The first-order valence-electron chi connectivity index (χ1n) is 6.23. The first kappa shape index (κ1) is 10.9. The monoisotopic (exact) mass is 262 g/mol. The number of H-pyrrole nitrogens is 1. The van der Waals surface area contributed by atoms with Gasteiger partial charge in [0.15, 0.2) is 11.1 Å².